The van der Waals surface area contributed by atoms with Crippen LogP contribution in [-0.2, 0) is 0 Å². The first kappa shape index (κ1) is 17.0. The van der Waals surface area contributed by atoms with Gasteiger partial charge in [-0.2, -0.15) is 0 Å². The van der Waals surface area contributed by atoms with E-state index in [-0.39, 0.29) is 0 Å². The quantitative estimate of drug-likeness (QED) is 0.708. The van der Waals surface area contributed by atoms with Gasteiger partial charge in [0.2, 0.25) is 0 Å². The molecule has 0 heterocycles. The van der Waals surface area contributed by atoms with E-state index in [1.807, 2.05) is 0 Å². The van der Waals surface area contributed by atoms with E-state index in [2.05, 4.69) is 69.1 Å². The van der Waals surface area contributed by atoms with E-state index in [9.17, 15) is 0 Å². The summed E-state index contributed by atoms with van der Waals surface area (Å²) < 4.78 is 0. The summed E-state index contributed by atoms with van der Waals surface area (Å²) in [6.07, 6.45) is 2.42. The smallest absolute Gasteiger partial charge is 0.0414 e. The summed E-state index contributed by atoms with van der Waals surface area (Å²) in [5, 5.41) is 3.61. The SMILES string of the molecule is CCCNC(C)c1ccccc1N(CC)CC(C)CC. The lowest BCUT2D eigenvalue weighted by atomic mass is 10.0. The number of hydrogen-bond acceptors (Lipinski definition) is 2. The molecule has 1 aromatic rings. The minimum absolute atomic E-state index is 0.414. The summed E-state index contributed by atoms with van der Waals surface area (Å²) in [6, 6.07) is 9.26. The predicted molar refractivity (Wildman–Crippen MR) is 90.5 cm³/mol. The number of benzene rings is 1. The second-order valence-corrected chi connectivity index (χ2v) is 5.79. The highest BCUT2D eigenvalue weighted by Gasteiger charge is 2.15. The van der Waals surface area contributed by atoms with Crippen molar-refractivity contribution < 1.29 is 0 Å². The van der Waals surface area contributed by atoms with Crippen LogP contribution in [0.2, 0.25) is 0 Å². The Labute approximate surface area is 125 Å². The minimum atomic E-state index is 0.414. The van der Waals surface area contributed by atoms with Crippen LogP contribution in [0.5, 0.6) is 0 Å². The lowest BCUT2D eigenvalue weighted by Gasteiger charge is -2.30. The molecule has 1 rings (SSSR count). The average molecular weight is 276 g/mol. The van der Waals surface area contributed by atoms with E-state index in [1.54, 1.807) is 0 Å². The number of para-hydroxylation sites is 1. The maximum Gasteiger partial charge on any atom is 0.0414 e. The van der Waals surface area contributed by atoms with Crippen LogP contribution in [0.4, 0.5) is 5.69 Å². The van der Waals surface area contributed by atoms with Crippen LogP contribution in [0.3, 0.4) is 0 Å². The zero-order valence-corrected chi connectivity index (χ0v) is 13.9. The molecule has 0 bridgehead atoms. The monoisotopic (exact) mass is 276 g/mol. The van der Waals surface area contributed by atoms with Crippen molar-refractivity contribution in [2.24, 2.45) is 5.92 Å². The predicted octanol–water partition coefficient (Wildman–Crippen LogP) is 4.62. The number of anilines is 1. The van der Waals surface area contributed by atoms with Crippen molar-refractivity contribution in [2.75, 3.05) is 24.5 Å². The number of rotatable bonds is 9. The molecule has 1 N–H and O–H groups in total. The fourth-order valence-corrected chi connectivity index (χ4v) is 2.52. The first-order chi connectivity index (χ1) is 9.63. The molecule has 114 valence electrons. The molecular weight excluding hydrogens is 244 g/mol. The Hall–Kier alpha value is -1.02. The van der Waals surface area contributed by atoms with E-state index in [0.29, 0.717) is 6.04 Å². The van der Waals surface area contributed by atoms with Gasteiger partial charge in [-0.05, 0) is 44.4 Å². The van der Waals surface area contributed by atoms with Crippen LogP contribution in [0.15, 0.2) is 24.3 Å². The van der Waals surface area contributed by atoms with Gasteiger partial charge in [-0.3, -0.25) is 0 Å². The Kier molecular flexibility index (Phi) is 7.68. The lowest BCUT2D eigenvalue weighted by Crippen LogP contribution is -2.30. The molecule has 0 fully saturated rings. The molecule has 0 aliphatic heterocycles. The van der Waals surface area contributed by atoms with Gasteiger partial charge in [0.15, 0.2) is 0 Å². The van der Waals surface area contributed by atoms with Gasteiger partial charge in [0.25, 0.3) is 0 Å². The summed E-state index contributed by atoms with van der Waals surface area (Å²) >= 11 is 0. The van der Waals surface area contributed by atoms with Gasteiger partial charge in [0, 0.05) is 24.8 Å². The topological polar surface area (TPSA) is 15.3 Å². The van der Waals surface area contributed by atoms with Crippen LogP contribution in [0, 0.1) is 5.92 Å². The Morgan fingerprint density at radius 2 is 1.80 bits per heavy atom. The number of nitrogens with one attached hydrogen (secondary N) is 1. The Morgan fingerprint density at radius 1 is 1.10 bits per heavy atom. The van der Waals surface area contributed by atoms with E-state index < -0.39 is 0 Å². The zero-order chi connectivity index (χ0) is 15.0. The summed E-state index contributed by atoms with van der Waals surface area (Å²) in [6.45, 7) is 14.6. The highest BCUT2D eigenvalue weighted by Crippen LogP contribution is 2.27. The zero-order valence-electron chi connectivity index (χ0n) is 13.9. The van der Waals surface area contributed by atoms with Gasteiger partial charge >= 0.3 is 0 Å². The van der Waals surface area contributed by atoms with Crippen LogP contribution >= 0.6 is 0 Å². The van der Waals surface area contributed by atoms with E-state index in [4.69, 9.17) is 0 Å². The fraction of sp³-hybridized carbons (Fsp3) is 0.667. The third kappa shape index (κ3) is 4.82. The van der Waals surface area contributed by atoms with Crippen molar-refractivity contribution in [1.29, 1.82) is 0 Å². The van der Waals surface area contributed by atoms with Crippen molar-refractivity contribution in [3.63, 3.8) is 0 Å². The molecule has 0 spiro atoms. The fourth-order valence-electron chi connectivity index (χ4n) is 2.52. The van der Waals surface area contributed by atoms with Crippen LogP contribution in [0.1, 0.15) is 59.1 Å². The molecule has 0 amide bonds. The first-order valence-electron chi connectivity index (χ1n) is 8.21. The summed E-state index contributed by atoms with van der Waals surface area (Å²) in [5.74, 6) is 0.738. The summed E-state index contributed by atoms with van der Waals surface area (Å²) in [4.78, 5) is 2.52. The van der Waals surface area contributed by atoms with Gasteiger partial charge in [-0.25, -0.2) is 0 Å². The third-order valence-electron chi connectivity index (χ3n) is 4.06. The molecule has 0 saturated heterocycles. The van der Waals surface area contributed by atoms with Gasteiger partial charge in [-0.15, -0.1) is 0 Å². The van der Waals surface area contributed by atoms with E-state index in [0.717, 1.165) is 25.6 Å². The molecular formula is C18H32N2. The van der Waals surface area contributed by atoms with Crippen molar-refractivity contribution in [3.8, 4) is 0 Å². The molecule has 2 heteroatoms. The molecule has 0 aromatic heterocycles. The van der Waals surface area contributed by atoms with Crippen molar-refractivity contribution >= 4 is 5.69 Å². The van der Waals surface area contributed by atoms with Gasteiger partial charge in [-0.1, -0.05) is 45.4 Å². The van der Waals surface area contributed by atoms with E-state index in [1.165, 1.54) is 24.1 Å². The molecule has 0 saturated carbocycles. The molecule has 20 heavy (non-hydrogen) atoms. The standard InChI is InChI=1S/C18H32N2/c1-6-13-19-16(5)17-11-9-10-12-18(17)20(8-3)14-15(4)7-2/h9-12,15-16,19H,6-8,13-14H2,1-5H3. The maximum atomic E-state index is 3.61. The summed E-state index contributed by atoms with van der Waals surface area (Å²) in [5.41, 5.74) is 2.82. The highest BCUT2D eigenvalue weighted by atomic mass is 15.1. The largest absolute Gasteiger partial charge is 0.371 e. The molecule has 0 radical (unpaired) electrons. The minimum Gasteiger partial charge on any atom is -0.371 e. The molecule has 1 aromatic carbocycles. The Bertz CT molecular complexity index is 375. The number of hydrogen-bond donors (Lipinski definition) is 1. The summed E-state index contributed by atoms with van der Waals surface area (Å²) in [7, 11) is 0. The van der Waals surface area contributed by atoms with Gasteiger partial charge in [0.05, 0.1) is 0 Å². The normalized spacial score (nSPS) is 14.1. The highest BCUT2D eigenvalue weighted by molar-refractivity contribution is 5.55. The maximum absolute atomic E-state index is 3.61. The third-order valence-corrected chi connectivity index (χ3v) is 4.06. The van der Waals surface area contributed by atoms with Crippen molar-refractivity contribution in [1.82, 2.24) is 5.32 Å². The Morgan fingerprint density at radius 3 is 2.40 bits per heavy atom. The van der Waals surface area contributed by atoms with Crippen LogP contribution in [0.25, 0.3) is 0 Å². The lowest BCUT2D eigenvalue weighted by molar-refractivity contribution is 0.539. The molecule has 0 aliphatic carbocycles. The second kappa shape index (κ2) is 9.02. The Balaban J connectivity index is 2.91. The van der Waals surface area contributed by atoms with Crippen LogP contribution < -0.4 is 10.2 Å². The van der Waals surface area contributed by atoms with Crippen LogP contribution in [-0.4, -0.2) is 19.6 Å². The van der Waals surface area contributed by atoms with Crippen molar-refractivity contribution in [3.05, 3.63) is 29.8 Å². The van der Waals surface area contributed by atoms with Gasteiger partial charge in [0.1, 0.15) is 0 Å². The second-order valence-electron chi connectivity index (χ2n) is 5.79. The van der Waals surface area contributed by atoms with Crippen molar-refractivity contribution in [2.45, 2.75) is 53.5 Å². The first-order valence-corrected chi connectivity index (χ1v) is 8.21. The van der Waals surface area contributed by atoms with E-state index >= 15 is 0 Å². The average Bonchev–Trinajstić information content (AvgIpc) is 2.49. The molecule has 0 aliphatic rings. The molecule has 2 nitrogen and oxygen atoms in total. The van der Waals surface area contributed by atoms with Gasteiger partial charge < -0.3 is 10.2 Å². The number of nitrogens with zero attached hydrogens (tertiary/aromatic N) is 1. The molecule has 2 atom stereocenters. The molecule has 2 unspecified atom stereocenters.